The Morgan fingerprint density at radius 3 is 1.21 bits per heavy atom. The van der Waals surface area contributed by atoms with Crippen LogP contribution >= 0.6 is 0 Å². The molecule has 0 spiro atoms. The number of methoxy groups -OCH3 is 2. The number of nitrogens with zero attached hydrogens (tertiary/aromatic N) is 10. The van der Waals surface area contributed by atoms with Gasteiger partial charge in [0.2, 0.25) is 11.9 Å². The molecule has 16 nitrogen and oxygen atoms in total. The van der Waals surface area contributed by atoms with Crippen molar-refractivity contribution < 1.29 is 45.3 Å². The van der Waals surface area contributed by atoms with Crippen LogP contribution in [0.1, 0.15) is 59.3 Å². The van der Waals surface area contributed by atoms with Gasteiger partial charge in [0.25, 0.3) is 0 Å². The number of hydrogen-bond donors (Lipinski definition) is 2. The molecule has 10 rings (SSSR count). The number of halogens is 6. The minimum absolute atomic E-state index is 0.0890. The Labute approximate surface area is 431 Å². The van der Waals surface area contributed by atoms with Crippen molar-refractivity contribution in [1.29, 1.82) is 0 Å². The number of ether oxygens (including phenoxy) is 4. The number of benzene rings is 4. The van der Waals surface area contributed by atoms with Gasteiger partial charge >= 0.3 is 12.4 Å². The van der Waals surface area contributed by atoms with E-state index < -0.39 is 23.5 Å². The quantitative estimate of drug-likeness (QED) is 0.0983. The van der Waals surface area contributed by atoms with Crippen LogP contribution in [0.25, 0.3) is 44.6 Å². The van der Waals surface area contributed by atoms with Crippen molar-refractivity contribution in [2.75, 3.05) is 25.7 Å². The molecular weight excluding hydrogens is 995 g/mol. The topological polar surface area (TPSA) is 186 Å². The summed E-state index contributed by atoms with van der Waals surface area (Å²) in [6.45, 7) is 4.13. The van der Waals surface area contributed by atoms with Gasteiger partial charge in [-0.1, -0.05) is 36.4 Å². The lowest BCUT2D eigenvalue weighted by molar-refractivity contribution is -0.138. The number of pyridine rings is 2. The van der Waals surface area contributed by atoms with Gasteiger partial charge in [-0.25, -0.2) is 19.9 Å². The zero-order valence-corrected chi connectivity index (χ0v) is 41.8. The third-order valence-electron chi connectivity index (χ3n) is 12.7. The minimum atomic E-state index is -4.38. The smallest absolute Gasteiger partial charge is 0.416 e. The first kappa shape index (κ1) is 51.8. The number of alkyl halides is 6. The third-order valence-corrected chi connectivity index (χ3v) is 12.7. The van der Waals surface area contributed by atoms with E-state index in [1.54, 1.807) is 46.3 Å². The Hall–Kier alpha value is -9.08. The lowest BCUT2D eigenvalue weighted by Gasteiger charge is -2.18. The summed E-state index contributed by atoms with van der Waals surface area (Å²) < 4.78 is 107. The van der Waals surface area contributed by atoms with Crippen LogP contribution in [0.15, 0.2) is 134 Å². The first-order valence-electron chi connectivity index (χ1n) is 23.5. The highest BCUT2D eigenvalue weighted by molar-refractivity contribution is 5.81. The largest absolute Gasteiger partial charge is 0.493 e. The predicted octanol–water partition coefficient (Wildman–Crippen LogP) is 11.3. The van der Waals surface area contributed by atoms with Crippen LogP contribution in [0.5, 0.6) is 23.0 Å². The molecule has 0 bridgehead atoms. The second-order valence-electron chi connectivity index (χ2n) is 17.8. The Balaban J connectivity index is 0.000000186. The van der Waals surface area contributed by atoms with Crippen molar-refractivity contribution in [3.8, 4) is 45.3 Å². The van der Waals surface area contributed by atoms with Crippen LogP contribution in [0.2, 0.25) is 0 Å². The van der Waals surface area contributed by atoms with E-state index in [4.69, 9.17) is 30.4 Å². The maximum Gasteiger partial charge on any atom is 0.416 e. The molecule has 0 amide bonds. The summed E-state index contributed by atoms with van der Waals surface area (Å²) in [5, 5.41) is 8.41. The van der Waals surface area contributed by atoms with E-state index in [9.17, 15) is 26.3 Å². The standard InChI is InChI=1S/2C27H25F3N6O2/c2*1-16(36-25-22(34-26(36)31)10-19(12-32-25)20-13-33-35(2)14-20)18-6-9-23(24(11-18)37-3)38-15-17-4-7-21(8-5-17)27(28,29)30/h2*4-14,16H,15H2,1-3H3,(H2,31,34)/t2*16-/m10/s1. The zero-order chi connectivity index (χ0) is 54.1. The number of aryl methyl sites for hydroxylation is 2. The molecule has 2 atom stereocenters. The van der Waals surface area contributed by atoms with Gasteiger partial charge < -0.3 is 30.4 Å². The minimum Gasteiger partial charge on any atom is -0.493 e. The van der Waals surface area contributed by atoms with Crippen LogP contribution in [-0.4, -0.2) is 62.9 Å². The number of rotatable bonds is 14. The number of hydrogen-bond acceptors (Lipinski definition) is 12. The van der Waals surface area contributed by atoms with Crippen molar-refractivity contribution in [3.05, 3.63) is 168 Å². The van der Waals surface area contributed by atoms with Crippen molar-refractivity contribution >= 4 is 34.2 Å². The normalized spacial score (nSPS) is 12.6. The lowest BCUT2D eigenvalue weighted by Crippen LogP contribution is -2.11. The monoisotopic (exact) mass is 1040 g/mol. The SMILES string of the molecule is COc1cc([C@@H](C)n2c(N)nc3cc(-c4cnn(C)c4)cnc32)ccc1OCc1ccc(C(F)(F)F)cc1.COc1cc([C@H](C)n2c(N)nc3cc(-c4cnn(C)c4)cnc32)ccc1OCc1ccc(C(F)(F)F)cc1. The van der Waals surface area contributed by atoms with E-state index in [0.29, 0.717) is 68.3 Å². The van der Waals surface area contributed by atoms with E-state index in [1.807, 2.05) is 85.9 Å². The predicted molar refractivity (Wildman–Crippen MR) is 273 cm³/mol. The van der Waals surface area contributed by atoms with E-state index in [0.717, 1.165) is 57.6 Å². The summed E-state index contributed by atoms with van der Waals surface area (Å²) in [7, 11) is 6.75. The highest BCUT2D eigenvalue weighted by Crippen LogP contribution is 2.38. The van der Waals surface area contributed by atoms with Crippen LogP contribution in [0.3, 0.4) is 0 Å². The molecule has 10 aromatic rings. The molecule has 0 unspecified atom stereocenters. The first-order chi connectivity index (χ1) is 36.3. The van der Waals surface area contributed by atoms with Crippen molar-refractivity contribution in [2.24, 2.45) is 14.1 Å². The average molecular weight is 1050 g/mol. The molecule has 0 saturated heterocycles. The van der Waals surface area contributed by atoms with E-state index >= 15 is 0 Å². The second kappa shape index (κ2) is 21.0. The van der Waals surface area contributed by atoms with Gasteiger partial charge in [-0.3, -0.25) is 18.5 Å². The Morgan fingerprint density at radius 1 is 0.500 bits per heavy atom. The summed E-state index contributed by atoms with van der Waals surface area (Å²) in [5.41, 5.74) is 20.4. The number of nitrogens with two attached hydrogens (primary N) is 2. The van der Waals surface area contributed by atoms with E-state index in [2.05, 4.69) is 30.1 Å². The molecule has 0 aliphatic carbocycles. The summed E-state index contributed by atoms with van der Waals surface area (Å²) in [5.74, 6) is 2.54. The highest BCUT2D eigenvalue weighted by Gasteiger charge is 2.31. The third kappa shape index (κ3) is 11.1. The lowest BCUT2D eigenvalue weighted by atomic mass is 10.1. The van der Waals surface area contributed by atoms with Gasteiger partial charge in [-0.15, -0.1) is 0 Å². The molecule has 22 heteroatoms. The molecule has 0 aliphatic rings. The zero-order valence-electron chi connectivity index (χ0n) is 41.8. The maximum atomic E-state index is 12.8. The summed E-state index contributed by atoms with van der Waals surface area (Å²) in [4.78, 5) is 18.3. The fraction of sp³-hybridized carbons (Fsp3) is 0.222. The summed E-state index contributed by atoms with van der Waals surface area (Å²) >= 11 is 0. The van der Waals surface area contributed by atoms with Crippen molar-refractivity contribution in [3.63, 3.8) is 0 Å². The Bertz CT molecular complexity index is 3420. The van der Waals surface area contributed by atoms with Gasteiger partial charge in [0.05, 0.1) is 49.8 Å². The maximum absolute atomic E-state index is 12.8. The molecule has 0 fully saturated rings. The fourth-order valence-corrected chi connectivity index (χ4v) is 8.55. The van der Waals surface area contributed by atoms with Gasteiger partial charge in [-0.05, 0) is 96.8 Å². The highest BCUT2D eigenvalue weighted by atomic mass is 19.4. The molecule has 0 aliphatic heterocycles. The summed E-state index contributed by atoms with van der Waals surface area (Å²) in [6.07, 6.45) is 2.11. The Morgan fingerprint density at radius 2 is 0.882 bits per heavy atom. The van der Waals surface area contributed by atoms with Crippen LogP contribution in [0.4, 0.5) is 38.2 Å². The first-order valence-corrected chi connectivity index (χ1v) is 23.5. The molecular formula is C54H50F6N12O4. The number of anilines is 2. The van der Waals surface area contributed by atoms with Gasteiger partial charge in [0.1, 0.15) is 24.2 Å². The summed E-state index contributed by atoms with van der Waals surface area (Å²) in [6, 6.07) is 24.1. The molecule has 392 valence electrons. The van der Waals surface area contributed by atoms with Gasteiger partial charge in [0, 0.05) is 61.1 Å². The van der Waals surface area contributed by atoms with Crippen molar-refractivity contribution in [1.82, 2.24) is 48.6 Å². The van der Waals surface area contributed by atoms with E-state index in [1.165, 1.54) is 38.5 Å². The van der Waals surface area contributed by atoms with Gasteiger partial charge in [0.15, 0.2) is 34.3 Å². The molecule has 4 N–H and O–H groups in total. The second-order valence-corrected chi connectivity index (χ2v) is 17.8. The van der Waals surface area contributed by atoms with E-state index in [-0.39, 0.29) is 25.3 Å². The van der Waals surface area contributed by atoms with Gasteiger partial charge in [-0.2, -0.15) is 36.5 Å². The van der Waals surface area contributed by atoms with Crippen LogP contribution in [-0.2, 0) is 39.7 Å². The molecule has 6 heterocycles. The Kier molecular flexibility index (Phi) is 14.3. The molecule has 0 saturated carbocycles. The molecule has 76 heavy (non-hydrogen) atoms. The molecule has 6 aromatic heterocycles. The van der Waals surface area contributed by atoms with Crippen LogP contribution < -0.4 is 30.4 Å². The van der Waals surface area contributed by atoms with Crippen LogP contribution in [0, 0.1) is 0 Å². The number of fused-ring (bicyclic) bond motifs is 2. The number of aromatic nitrogens is 10. The fourth-order valence-electron chi connectivity index (χ4n) is 8.55. The molecule has 4 aromatic carbocycles. The average Bonchev–Trinajstić information content (AvgIpc) is 4.21. The van der Waals surface area contributed by atoms with Crippen molar-refractivity contribution in [2.45, 2.75) is 51.5 Å². The number of nitrogen functional groups attached to an aromatic ring is 2. The number of imidazole rings is 2. The molecule has 0 radical (unpaired) electrons.